The molecule has 2 aromatic rings. The quantitative estimate of drug-likeness (QED) is 0.316. The van der Waals surface area contributed by atoms with Crippen LogP contribution in [0.4, 0.5) is 0 Å². The first kappa shape index (κ1) is 24.7. The lowest BCUT2D eigenvalue weighted by Crippen LogP contribution is -2.41. The Morgan fingerprint density at radius 2 is 1.72 bits per heavy atom. The molecule has 0 spiro atoms. The number of carbonyl (C=O) groups excluding carboxylic acids is 4. The molecule has 2 aliphatic rings. The Morgan fingerprint density at radius 3 is 2.31 bits per heavy atom. The Balaban J connectivity index is 1.72. The lowest BCUT2D eigenvalue weighted by molar-refractivity contribution is -0.123. The second-order valence-corrected chi connectivity index (χ2v) is 8.89. The third-order valence-corrected chi connectivity index (χ3v) is 6.69. The third-order valence-electron chi connectivity index (χ3n) is 6.69. The maximum absolute atomic E-state index is 13.8. The van der Waals surface area contributed by atoms with Gasteiger partial charge in [0.15, 0.2) is 23.1 Å². The van der Waals surface area contributed by atoms with E-state index in [1.54, 1.807) is 24.3 Å². The number of aromatic hydroxyl groups is 2. The van der Waals surface area contributed by atoms with Crippen molar-refractivity contribution < 1.29 is 38.9 Å². The number of ether oxygens (including phenoxy) is 2. The summed E-state index contributed by atoms with van der Waals surface area (Å²) in [6.45, 7) is 5.45. The molecule has 3 N–H and O–H groups in total. The molecule has 36 heavy (non-hydrogen) atoms. The monoisotopic (exact) mass is 491 g/mol. The van der Waals surface area contributed by atoms with Crippen LogP contribution < -0.4 is 14.8 Å². The van der Waals surface area contributed by atoms with Crippen molar-refractivity contribution in [3.05, 3.63) is 69.6 Å². The van der Waals surface area contributed by atoms with E-state index in [1.807, 2.05) is 0 Å². The van der Waals surface area contributed by atoms with E-state index in [2.05, 4.69) is 5.32 Å². The van der Waals surface area contributed by atoms with E-state index in [1.165, 1.54) is 34.8 Å². The number of ketones is 4. The molecular formula is C27H25NO8. The standard InChI is InChI=1S/C27H25NO8/c1-12-23(32)21(14(3)29)25-22(24(12)33)27(4)19(36-25)10-17(30)20(26(27)34)13(2)28-11-18(31)15-6-8-16(35-5)9-7-15/h6-10,28,32-33H,11H2,1-5H3/t27-/m0/s1. The topological polar surface area (TPSA) is 139 Å². The number of hydrogen-bond donors (Lipinski definition) is 3. The molecule has 0 radical (unpaired) electrons. The maximum Gasteiger partial charge on any atom is 0.194 e. The van der Waals surface area contributed by atoms with Crippen LogP contribution >= 0.6 is 0 Å². The molecule has 0 fully saturated rings. The van der Waals surface area contributed by atoms with E-state index in [4.69, 9.17) is 9.47 Å². The molecular weight excluding hydrogens is 466 g/mol. The number of Topliss-reactive ketones (excluding diaryl/α,β-unsaturated/α-hetero) is 3. The fourth-order valence-corrected chi connectivity index (χ4v) is 4.54. The lowest BCUT2D eigenvalue weighted by Gasteiger charge is -2.29. The summed E-state index contributed by atoms with van der Waals surface area (Å²) in [5.74, 6) is -2.56. The second-order valence-electron chi connectivity index (χ2n) is 8.89. The Labute approximate surface area is 207 Å². The Kier molecular flexibility index (Phi) is 5.95. The number of methoxy groups -OCH3 is 1. The van der Waals surface area contributed by atoms with E-state index in [-0.39, 0.29) is 51.8 Å². The normalized spacial score (nSPS) is 19.6. The minimum Gasteiger partial charge on any atom is -0.507 e. The molecule has 0 unspecified atom stereocenters. The first-order valence-electron chi connectivity index (χ1n) is 11.1. The molecule has 0 amide bonds. The summed E-state index contributed by atoms with van der Waals surface area (Å²) >= 11 is 0. The molecule has 1 aliphatic heterocycles. The van der Waals surface area contributed by atoms with Crippen LogP contribution in [0.2, 0.25) is 0 Å². The van der Waals surface area contributed by atoms with E-state index in [0.29, 0.717) is 11.3 Å². The summed E-state index contributed by atoms with van der Waals surface area (Å²) in [5.41, 5.74) is -1.37. The molecule has 1 heterocycles. The highest BCUT2D eigenvalue weighted by molar-refractivity contribution is 6.31. The van der Waals surface area contributed by atoms with Gasteiger partial charge in [0.05, 0.1) is 24.8 Å². The zero-order valence-electron chi connectivity index (χ0n) is 20.4. The lowest BCUT2D eigenvalue weighted by atomic mass is 9.70. The number of phenolic OH excluding ortho intramolecular Hbond substituents is 2. The van der Waals surface area contributed by atoms with Crippen LogP contribution in [0.3, 0.4) is 0 Å². The molecule has 9 heteroatoms. The zero-order valence-corrected chi connectivity index (χ0v) is 20.4. The van der Waals surface area contributed by atoms with Crippen molar-refractivity contribution in [1.82, 2.24) is 5.32 Å². The van der Waals surface area contributed by atoms with Gasteiger partial charge in [-0.25, -0.2) is 0 Å². The number of carbonyl (C=O) groups is 4. The van der Waals surface area contributed by atoms with Crippen molar-refractivity contribution in [2.45, 2.75) is 33.1 Å². The van der Waals surface area contributed by atoms with Gasteiger partial charge in [-0.15, -0.1) is 0 Å². The predicted octanol–water partition coefficient (Wildman–Crippen LogP) is 3.05. The zero-order chi connectivity index (χ0) is 26.5. The van der Waals surface area contributed by atoms with Crippen LogP contribution in [0.5, 0.6) is 23.0 Å². The minimum absolute atomic E-state index is 0.00589. The van der Waals surface area contributed by atoms with E-state index < -0.39 is 34.3 Å². The van der Waals surface area contributed by atoms with Crippen LogP contribution in [0.1, 0.15) is 52.6 Å². The minimum atomic E-state index is -1.62. The van der Waals surface area contributed by atoms with Gasteiger partial charge in [-0.1, -0.05) is 0 Å². The van der Waals surface area contributed by atoms with Crippen LogP contribution in [0, 0.1) is 6.92 Å². The van der Waals surface area contributed by atoms with Gasteiger partial charge in [0.25, 0.3) is 0 Å². The van der Waals surface area contributed by atoms with Crippen LogP contribution in [0.15, 0.2) is 47.4 Å². The first-order valence-corrected chi connectivity index (χ1v) is 11.1. The average molecular weight is 491 g/mol. The van der Waals surface area contributed by atoms with Gasteiger partial charge in [-0.2, -0.15) is 0 Å². The van der Waals surface area contributed by atoms with E-state index >= 15 is 0 Å². The van der Waals surface area contributed by atoms with Gasteiger partial charge >= 0.3 is 0 Å². The molecule has 186 valence electrons. The van der Waals surface area contributed by atoms with Gasteiger partial charge in [0, 0.05) is 22.9 Å². The number of allylic oxidation sites excluding steroid dienone is 4. The number of hydrogen-bond acceptors (Lipinski definition) is 9. The van der Waals surface area contributed by atoms with Gasteiger partial charge < -0.3 is 25.0 Å². The maximum atomic E-state index is 13.8. The number of fused-ring (bicyclic) bond motifs is 3. The summed E-state index contributed by atoms with van der Waals surface area (Å²) < 4.78 is 10.8. The molecule has 1 atom stereocenters. The largest absolute Gasteiger partial charge is 0.507 e. The summed E-state index contributed by atoms with van der Waals surface area (Å²) in [6.07, 6.45) is 1.13. The van der Waals surface area contributed by atoms with E-state index in [9.17, 15) is 29.4 Å². The van der Waals surface area contributed by atoms with Crippen molar-refractivity contribution in [2.24, 2.45) is 0 Å². The Hall–Kier alpha value is -4.40. The Morgan fingerprint density at radius 1 is 1.08 bits per heavy atom. The molecule has 4 rings (SSSR count). The summed E-state index contributed by atoms with van der Waals surface area (Å²) in [7, 11) is 1.52. The molecule has 0 saturated heterocycles. The van der Waals surface area contributed by atoms with Crippen molar-refractivity contribution in [1.29, 1.82) is 0 Å². The van der Waals surface area contributed by atoms with Crippen molar-refractivity contribution in [3.8, 4) is 23.0 Å². The summed E-state index contributed by atoms with van der Waals surface area (Å²) in [4.78, 5) is 51.6. The molecule has 0 bridgehead atoms. The number of benzene rings is 2. The number of phenols is 2. The predicted molar refractivity (Wildman–Crippen MR) is 129 cm³/mol. The van der Waals surface area contributed by atoms with Crippen molar-refractivity contribution in [3.63, 3.8) is 0 Å². The number of rotatable bonds is 6. The molecule has 2 aromatic carbocycles. The summed E-state index contributed by atoms with van der Waals surface area (Å²) in [6, 6.07) is 6.52. The van der Waals surface area contributed by atoms with Crippen LogP contribution in [-0.4, -0.2) is 47.0 Å². The van der Waals surface area contributed by atoms with Crippen molar-refractivity contribution in [2.75, 3.05) is 13.7 Å². The average Bonchev–Trinajstić information content (AvgIpc) is 3.13. The fraction of sp³-hybridized carbons (Fsp3) is 0.259. The molecule has 0 saturated carbocycles. The fourth-order valence-electron chi connectivity index (χ4n) is 4.54. The van der Waals surface area contributed by atoms with E-state index in [0.717, 1.165) is 6.08 Å². The molecule has 9 nitrogen and oxygen atoms in total. The van der Waals surface area contributed by atoms with Gasteiger partial charge in [0.1, 0.15) is 39.7 Å². The summed E-state index contributed by atoms with van der Waals surface area (Å²) in [5, 5.41) is 24.2. The third kappa shape index (κ3) is 3.55. The SMILES string of the molecule is COc1ccc(C(=O)CNC(C)=C2C(=O)C=C3Oc4c(C(C)=O)c(O)c(C)c(O)c4[C@@]3(C)C2=O)cc1. The highest BCUT2D eigenvalue weighted by Crippen LogP contribution is 2.57. The highest BCUT2D eigenvalue weighted by atomic mass is 16.5. The van der Waals surface area contributed by atoms with Gasteiger partial charge in [0.2, 0.25) is 0 Å². The number of nitrogens with one attached hydrogen (secondary N) is 1. The van der Waals surface area contributed by atoms with Gasteiger partial charge in [-0.05, 0) is 52.0 Å². The van der Waals surface area contributed by atoms with Crippen molar-refractivity contribution >= 4 is 23.1 Å². The van der Waals surface area contributed by atoms with Gasteiger partial charge in [-0.3, -0.25) is 19.2 Å². The van der Waals surface area contributed by atoms with Crippen LogP contribution in [-0.2, 0) is 15.0 Å². The molecule has 0 aromatic heterocycles. The Bertz CT molecular complexity index is 1410. The highest BCUT2D eigenvalue weighted by Gasteiger charge is 2.56. The first-order chi connectivity index (χ1) is 16.9. The second kappa shape index (κ2) is 8.67. The smallest absolute Gasteiger partial charge is 0.194 e. The molecule has 1 aliphatic carbocycles. The van der Waals surface area contributed by atoms with Crippen LogP contribution in [0.25, 0.3) is 0 Å².